The van der Waals surface area contributed by atoms with Crippen molar-refractivity contribution in [2.75, 3.05) is 24.6 Å². The lowest BCUT2D eigenvalue weighted by atomic mass is 10.2. The number of thiazole rings is 1. The molecule has 11 heteroatoms. The standard InChI is InChI=1S/C23H29FN6O3S/c1-17(2)33-13-10-27-22(32)30(15-18-4-6-19(24)7-5-18)23-28-14-20(34-23)21(31)26-8-3-11-29-12-9-25-16-29/h4-7,9,12,14,16-17H,3,8,10-11,13,15H2,1-2H3,(H,26,31)(H,27,32). The first-order valence-electron chi connectivity index (χ1n) is 11.0. The Hall–Kier alpha value is -3.31. The number of benzene rings is 1. The molecule has 0 aliphatic rings. The minimum absolute atomic E-state index is 0.0622. The van der Waals surface area contributed by atoms with Crippen molar-refractivity contribution in [3.63, 3.8) is 0 Å². The van der Waals surface area contributed by atoms with Crippen LogP contribution in [0.1, 0.15) is 35.5 Å². The molecule has 0 saturated carbocycles. The summed E-state index contributed by atoms with van der Waals surface area (Å²) in [6.45, 7) is 5.97. The monoisotopic (exact) mass is 488 g/mol. The van der Waals surface area contributed by atoms with Crippen molar-refractivity contribution < 1.29 is 18.7 Å². The number of ether oxygens (including phenoxy) is 1. The summed E-state index contributed by atoms with van der Waals surface area (Å²) in [5, 5.41) is 6.05. The smallest absolute Gasteiger partial charge is 0.324 e. The van der Waals surface area contributed by atoms with Gasteiger partial charge >= 0.3 is 6.03 Å². The fourth-order valence-electron chi connectivity index (χ4n) is 3.01. The summed E-state index contributed by atoms with van der Waals surface area (Å²) in [5.74, 6) is -0.603. The van der Waals surface area contributed by atoms with Crippen molar-refractivity contribution >= 4 is 28.4 Å². The Morgan fingerprint density at radius 3 is 2.71 bits per heavy atom. The molecule has 2 aromatic heterocycles. The normalized spacial score (nSPS) is 10.9. The molecule has 0 saturated heterocycles. The maximum atomic E-state index is 13.3. The highest BCUT2D eigenvalue weighted by atomic mass is 32.1. The van der Waals surface area contributed by atoms with E-state index in [-0.39, 0.29) is 30.4 Å². The van der Waals surface area contributed by atoms with Crippen LogP contribution in [0.4, 0.5) is 14.3 Å². The molecule has 3 aromatic rings. The van der Waals surface area contributed by atoms with Crippen LogP contribution in [0.5, 0.6) is 0 Å². The van der Waals surface area contributed by atoms with E-state index in [1.165, 1.54) is 23.2 Å². The van der Waals surface area contributed by atoms with Crippen molar-refractivity contribution in [1.29, 1.82) is 0 Å². The summed E-state index contributed by atoms with van der Waals surface area (Å²) in [6.07, 6.45) is 7.58. The van der Waals surface area contributed by atoms with E-state index in [2.05, 4.69) is 20.6 Å². The summed E-state index contributed by atoms with van der Waals surface area (Å²) in [4.78, 5) is 35.6. The first-order valence-corrected chi connectivity index (χ1v) is 11.8. The number of halogens is 1. The summed E-state index contributed by atoms with van der Waals surface area (Å²) < 4.78 is 20.7. The molecule has 0 aliphatic carbocycles. The zero-order chi connectivity index (χ0) is 24.3. The number of nitrogens with one attached hydrogen (secondary N) is 2. The second-order valence-corrected chi connectivity index (χ2v) is 8.79. The number of nitrogens with zero attached hydrogens (tertiary/aromatic N) is 4. The molecule has 2 N–H and O–H groups in total. The Morgan fingerprint density at radius 1 is 1.21 bits per heavy atom. The van der Waals surface area contributed by atoms with Gasteiger partial charge in [0.2, 0.25) is 0 Å². The molecule has 0 unspecified atom stereocenters. The molecule has 0 fully saturated rings. The van der Waals surface area contributed by atoms with Gasteiger partial charge in [-0.2, -0.15) is 0 Å². The Bertz CT molecular complexity index is 1040. The first kappa shape index (κ1) is 25.3. The number of hydrogen-bond donors (Lipinski definition) is 2. The third-order valence-corrected chi connectivity index (χ3v) is 5.73. The maximum absolute atomic E-state index is 13.3. The van der Waals surface area contributed by atoms with Crippen molar-refractivity contribution in [2.45, 2.75) is 39.5 Å². The Morgan fingerprint density at radius 2 is 2.00 bits per heavy atom. The van der Waals surface area contributed by atoms with Crippen LogP contribution in [-0.2, 0) is 17.8 Å². The van der Waals surface area contributed by atoms with E-state index in [0.717, 1.165) is 29.9 Å². The van der Waals surface area contributed by atoms with E-state index >= 15 is 0 Å². The first-order chi connectivity index (χ1) is 16.4. The van der Waals surface area contributed by atoms with Gasteiger partial charge in [-0.15, -0.1) is 0 Å². The van der Waals surface area contributed by atoms with Gasteiger partial charge in [0, 0.05) is 32.0 Å². The minimum Gasteiger partial charge on any atom is -0.377 e. The molecule has 182 valence electrons. The van der Waals surface area contributed by atoms with E-state index < -0.39 is 0 Å². The largest absolute Gasteiger partial charge is 0.377 e. The quantitative estimate of drug-likeness (QED) is 0.381. The zero-order valence-corrected chi connectivity index (χ0v) is 20.1. The Balaban J connectivity index is 1.61. The molecule has 0 atom stereocenters. The molecule has 0 aliphatic heterocycles. The Kier molecular flexibility index (Phi) is 9.53. The number of anilines is 1. The van der Waals surface area contributed by atoms with Crippen molar-refractivity contribution in [3.05, 3.63) is 65.4 Å². The van der Waals surface area contributed by atoms with Gasteiger partial charge < -0.3 is 19.9 Å². The van der Waals surface area contributed by atoms with Crippen LogP contribution in [0.2, 0.25) is 0 Å². The van der Waals surface area contributed by atoms with Crippen LogP contribution in [0.3, 0.4) is 0 Å². The van der Waals surface area contributed by atoms with E-state index in [4.69, 9.17) is 4.74 Å². The second kappa shape index (κ2) is 12.8. The summed E-state index contributed by atoms with van der Waals surface area (Å²) in [7, 11) is 0. The SMILES string of the molecule is CC(C)OCCNC(=O)N(Cc1ccc(F)cc1)c1ncc(C(=O)NCCCn2ccnc2)s1. The molecule has 3 amide bonds. The van der Waals surface area contributed by atoms with E-state index in [9.17, 15) is 14.0 Å². The third kappa shape index (κ3) is 7.92. The zero-order valence-electron chi connectivity index (χ0n) is 19.2. The average molecular weight is 489 g/mol. The number of amides is 3. The highest BCUT2D eigenvalue weighted by Gasteiger charge is 2.21. The topological polar surface area (TPSA) is 101 Å². The summed E-state index contributed by atoms with van der Waals surface area (Å²) in [6, 6.07) is 5.52. The number of aromatic nitrogens is 3. The lowest BCUT2D eigenvalue weighted by Gasteiger charge is -2.21. The van der Waals surface area contributed by atoms with Gasteiger partial charge in [-0.25, -0.2) is 19.2 Å². The molecule has 0 spiro atoms. The van der Waals surface area contributed by atoms with E-state index in [1.807, 2.05) is 24.6 Å². The van der Waals surface area contributed by atoms with Crippen LogP contribution >= 0.6 is 11.3 Å². The summed E-state index contributed by atoms with van der Waals surface area (Å²) in [5.41, 5.74) is 0.732. The molecule has 0 bridgehead atoms. The van der Waals surface area contributed by atoms with Gasteiger partial charge in [0.05, 0.1) is 31.8 Å². The van der Waals surface area contributed by atoms with Gasteiger partial charge in [-0.1, -0.05) is 23.5 Å². The molecule has 34 heavy (non-hydrogen) atoms. The number of aryl methyl sites for hydroxylation is 1. The lowest BCUT2D eigenvalue weighted by Crippen LogP contribution is -2.41. The molecule has 0 radical (unpaired) electrons. The van der Waals surface area contributed by atoms with Gasteiger partial charge in [0.1, 0.15) is 10.7 Å². The van der Waals surface area contributed by atoms with Crippen molar-refractivity contribution in [1.82, 2.24) is 25.2 Å². The number of carbonyl (C=O) groups excluding carboxylic acids is 2. The molecule has 9 nitrogen and oxygen atoms in total. The highest BCUT2D eigenvalue weighted by molar-refractivity contribution is 7.17. The highest BCUT2D eigenvalue weighted by Crippen LogP contribution is 2.24. The van der Waals surface area contributed by atoms with Gasteiger partial charge in [-0.05, 0) is 38.0 Å². The third-order valence-electron chi connectivity index (χ3n) is 4.71. The van der Waals surface area contributed by atoms with Crippen molar-refractivity contribution in [2.24, 2.45) is 0 Å². The van der Waals surface area contributed by atoms with Gasteiger partial charge in [0.15, 0.2) is 5.13 Å². The predicted octanol–water partition coefficient (Wildman–Crippen LogP) is 3.44. The fourth-order valence-corrected chi connectivity index (χ4v) is 3.84. The Labute approximate surface area is 202 Å². The van der Waals surface area contributed by atoms with Crippen LogP contribution in [0, 0.1) is 5.82 Å². The van der Waals surface area contributed by atoms with Crippen LogP contribution in [0.25, 0.3) is 0 Å². The van der Waals surface area contributed by atoms with Crippen molar-refractivity contribution in [3.8, 4) is 0 Å². The van der Waals surface area contributed by atoms with E-state index in [0.29, 0.717) is 29.7 Å². The molecule has 3 rings (SSSR count). The predicted molar refractivity (Wildman–Crippen MR) is 128 cm³/mol. The number of hydrogen-bond acceptors (Lipinski definition) is 6. The molecule has 2 heterocycles. The van der Waals surface area contributed by atoms with E-state index in [1.54, 1.807) is 24.7 Å². The number of rotatable bonds is 12. The molecular formula is C23H29FN6O3S. The number of carbonyl (C=O) groups is 2. The molecule has 1 aromatic carbocycles. The number of urea groups is 1. The van der Waals surface area contributed by atoms with Crippen LogP contribution in [0.15, 0.2) is 49.2 Å². The minimum atomic E-state index is -0.377. The number of imidazole rings is 1. The molecular weight excluding hydrogens is 459 g/mol. The van der Waals surface area contributed by atoms with Gasteiger partial charge in [0.25, 0.3) is 5.91 Å². The second-order valence-electron chi connectivity index (χ2n) is 7.78. The summed E-state index contributed by atoms with van der Waals surface area (Å²) >= 11 is 1.12. The van der Waals surface area contributed by atoms with Gasteiger partial charge in [-0.3, -0.25) is 9.69 Å². The average Bonchev–Trinajstić information content (AvgIpc) is 3.51. The fraction of sp³-hybridized carbons (Fsp3) is 0.391. The maximum Gasteiger partial charge on any atom is 0.324 e. The van der Waals surface area contributed by atoms with Crippen LogP contribution < -0.4 is 15.5 Å². The lowest BCUT2D eigenvalue weighted by molar-refractivity contribution is 0.0819. The van der Waals surface area contributed by atoms with Crippen LogP contribution in [-0.4, -0.2) is 52.3 Å².